The first kappa shape index (κ1) is 18.3. The highest BCUT2D eigenvalue weighted by molar-refractivity contribution is 7.20. The van der Waals surface area contributed by atoms with Crippen LogP contribution in [-0.2, 0) is 35.7 Å². The number of hydrogen-bond donors (Lipinski definition) is 0. The molecule has 0 N–H and O–H groups in total. The summed E-state index contributed by atoms with van der Waals surface area (Å²) in [5.41, 5.74) is 1.48. The minimum atomic E-state index is -0.569. The van der Waals surface area contributed by atoms with Gasteiger partial charge in [-0.05, 0) is 31.0 Å². The van der Waals surface area contributed by atoms with E-state index in [2.05, 4.69) is 4.98 Å². The fourth-order valence-electron chi connectivity index (χ4n) is 3.84. The van der Waals surface area contributed by atoms with E-state index in [-0.39, 0.29) is 25.6 Å². The molecule has 0 spiro atoms. The molecule has 0 fully saturated rings. The first-order valence-corrected chi connectivity index (χ1v) is 10.1. The van der Waals surface area contributed by atoms with Crippen LogP contribution in [0.1, 0.15) is 38.6 Å². The molecule has 29 heavy (non-hydrogen) atoms. The van der Waals surface area contributed by atoms with E-state index in [1.807, 2.05) is 0 Å². The molecule has 150 valence electrons. The van der Waals surface area contributed by atoms with E-state index in [1.54, 1.807) is 11.5 Å². The van der Waals surface area contributed by atoms with E-state index in [9.17, 15) is 14.0 Å². The average Bonchev–Trinajstić information content (AvgIpc) is 3.31. The third-order valence-corrected chi connectivity index (χ3v) is 6.37. The van der Waals surface area contributed by atoms with Crippen molar-refractivity contribution in [1.29, 1.82) is 0 Å². The van der Waals surface area contributed by atoms with Crippen molar-refractivity contribution in [3.63, 3.8) is 0 Å². The van der Waals surface area contributed by atoms with Crippen molar-refractivity contribution < 1.29 is 23.4 Å². The van der Waals surface area contributed by atoms with Crippen molar-refractivity contribution in [1.82, 2.24) is 9.55 Å². The van der Waals surface area contributed by atoms with Gasteiger partial charge in [0, 0.05) is 24.1 Å². The molecule has 4 heterocycles. The predicted molar refractivity (Wildman–Crippen MR) is 103 cm³/mol. The molecular formula is C20H17FN2O5S. The molecule has 3 aromatic rings. The minimum Gasteiger partial charge on any atom is -0.467 e. The lowest BCUT2D eigenvalue weighted by Crippen LogP contribution is -2.20. The Morgan fingerprint density at radius 2 is 2.28 bits per heavy atom. The van der Waals surface area contributed by atoms with Crippen molar-refractivity contribution >= 4 is 27.5 Å². The van der Waals surface area contributed by atoms with Crippen molar-refractivity contribution in [3.8, 4) is 5.75 Å². The first-order valence-electron chi connectivity index (χ1n) is 9.24. The van der Waals surface area contributed by atoms with Gasteiger partial charge in [-0.25, -0.2) is 14.2 Å². The zero-order valence-corrected chi connectivity index (χ0v) is 16.4. The quantitative estimate of drug-likeness (QED) is 0.611. The van der Waals surface area contributed by atoms with Gasteiger partial charge in [-0.3, -0.25) is 9.36 Å². The molecule has 2 aromatic heterocycles. The third-order valence-electron chi connectivity index (χ3n) is 5.21. The number of rotatable bonds is 3. The lowest BCUT2D eigenvalue weighted by molar-refractivity contribution is -0.0182. The summed E-state index contributed by atoms with van der Waals surface area (Å²) in [5, 5.41) is 0.469. The number of fused-ring (bicyclic) bond motifs is 3. The van der Waals surface area contributed by atoms with Crippen LogP contribution in [0.2, 0.25) is 0 Å². The van der Waals surface area contributed by atoms with Crippen LogP contribution >= 0.6 is 11.3 Å². The molecule has 2 aliphatic heterocycles. The van der Waals surface area contributed by atoms with Crippen LogP contribution in [0.15, 0.2) is 16.9 Å². The number of nitrogens with zero attached hydrogens (tertiary/aromatic N) is 2. The summed E-state index contributed by atoms with van der Waals surface area (Å²) in [6.45, 7) is 2.54. The fourth-order valence-corrected chi connectivity index (χ4v) is 4.93. The van der Waals surface area contributed by atoms with Crippen LogP contribution in [0.4, 0.5) is 4.39 Å². The van der Waals surface area contributed by atoms with Crippen LogP contribution < -0.4 is 10.3 Å². The number of aromatic nitrogens is 2. The van der Waals surface area contributed by atoms with Crippen LogP contribution in [0, 0.1) is 12.7 Å². The second-order valence-electron chi connectivity index (χ2n) is 7.06. The molecule has 9 heteroatoms. The molecule has 5 rings (SSSR count). The van der Waals surface area contributed by atoms with Crippen LogP contribution in [0.25, 0.3) is 10.2 Å². The van der Waals surface area contributed by atoms with Crippen LogP contribution in [0.5, 0.6) is 5.75 Å². The standard InChI is InChI=1S/C20H17FN2O5S/c1-10-15-18(22-14-3-2-4-23(14)19(15)24)29-17(10)20(25)27-8-12-6-13(21)5-11-7-26-9-28-16(11)12/h5-6H,2-4,7-9H2,1H3. The number of ether oxygens (including phenoxy) is 3. The van der Waals surface area contributed by atoms with Gasteiger partial charge in [0.25, 0.3) is 5.56 Å². The molecule has 0 radical (unpaired) electrons. The number of thiophene rings is 1. The van der Waals surface area contributed by atoms with E-state index in [0.29, 0.717) is 44.1 Å². The van der Waals surface area contributed by atoms with Crippen molar-refractivity contribution in [2.24, 2.45) is 0 Å². The highest BCUT2D eigenvalue weighted by atomic mass is 32.1. The van der Waals surface area contributed by atoms with Crippen LogP contribution in [-0.4, -0.2) is 22.3 Å². The van der Waals surface area contributed by atoms with Crippen molar-refractivity contribution in [2.45, 2.75) is 39.5 Å². The van der Waals surface area contributed by atoms with Crippen molar-refractivity contribution in [3.05, 3.63) is 55.7 Å². The number of aryl methyl sites for hydroxylation is 2. The Morgan fingerprint density at radius 1 is 1.41 bits per heavy atom. The summed E-state index contributed by atoms with van der Waals surface area (Å²) >= 11 is 1.15. The molecule has 7 nitrogen and oxygen atoms in total. The Labute approximate surface area is 168 Å². The highest BCUT2D eigenvalue weighted by Gasteiger charge is 2.25. The molecule has 0 amide bonds. The van der Waals surface area contributed by atoms with E-state index in [4.69, 9.17) is 14.2 Å². The lowest BCUT2D eigenvalue weighted by Gasteiger charge is -2.20. The summed E-state index contributed by atoms with van der Waals surface area (Å²) in [6, 6.07) is 2.63. The van der Waals surface area contributed by atoms with Gasteiger partial charge in [0.05, 0.1) is 12.0 Å². The maximum Gasteiger partial charge on any atom is 0.349 e. The second kappa shape index (κ2) is 6.93. The number of carbonyl (C=O) groups excluding carboxylic acids is 1. The summed E-state index contributed by atoms with van der Waals surface area (Å²) in [5.74, 6) is 0.220. The maximum atomic E-state index is 13.9. The van der Waals surface area contributed by atoms with E-state index >= 15 is 0 Å². The molecule has 0 saturated carbocycles. The van der Waals surface area contributed by atoms with E-state index in [0.717, 1.165) is 30.0 Å². The topological polar surface area (TPSA) is 79.7 Å². The maximum absolute atomic E-state index is 13.9. The number of carbonyl (C=O) groups is 1. The van der Waals surface area contributed by atoms with Gasteiger partial charge >= 0.3 is 5.97 Å². The monoisotopic (exact) mass is 416 g/mol. The van der Waals surface area contributed by atoms with Gasteiger partial charge in [0.2, 0.25) is 0 Å². The third kappa shape index (κ3) is 3.01. The minimum absolute atomic E-state index is 0.0648. The fraction of sp³-hybridized carbons (Fsp3) is 0.350. The Morgan fingerprint density at radius 3 is 3.14 bits per heavy atom. The van der Waals surface area contributed by atoms with Gasteiger partial charge in [0.1, 0.15) is 33.7 Å². The average molecular weight is 416 g/mol. The smallest absolute Gasteiger partial charge is 0.349 e. The summed E-state index contributed by atoms with van der Waals surface area (Å²) in [6.07, 6.45) is 1.66. The SMILES string of the molecule is Cc1c(C(=O)OCc2cc(F)cc3c2OCOC3)sc2nc3n(c(=O)c12)CCC3. The van der Waals surface area contributed by atoms with Gasteiger partial charge < -0.3 is 14.2 Å². The van der Waals surface area contributed by atoms with E-state index < -0.39 is 11.8 Å². The van der Waals surface area contributed by atoms with Crippen molar-refractivity contribution in [2.75, 3.05) is 6.79 Å². The molecule has 0 bridgehead atoms. The molecule has 0 unspecified atom stereocenters. The van der Waals surface area contributed by atoms with Gasteiger partial charge in [0.15, 0.2) is 6.79 Å². The van der Waals surface area contributed by atoms with Crippen LogP contribution in [0.3, 0.4) is 0 Å². The normalized spacial score (nSPS) is 15.1. The molecule has 1 aromatic carbocycles. The summed E-state index contributed by atoms with van der Waals surface area (Å²) in [4.78, 5) is 30.9. The number of benzene rings is 1. The first-order chi connectivity index (χ1) is 14.0. The predicted octanol–water partition coefficient (Wildman–Crippen LogP) is 3.08. The molecular weight excluding hydrogens is 399 g/mol. The zero-order chi connectivity index (χ0) is 20.1. The largest absolute Gasteiger partial charge is 0.467 e. The summed E-state index contributed by atoms with van der Waals surface area (Å²) < 4.78 is 31.6. The molecule has 2 aliphatic rings. The van der Waals surface area contributed by atoms with Gasteiger partial charge in [-0.1, -0.05) is 0 Å². The highest BCUT2D eigenvalue weighted by Crippen LogP contribution is 2.32. The van der Waals surface area contributed by atoms with Gasteiger partial charge in [-0.15, -0.1) is 11.3 Å². The Kier molecular flexibility index (Phi) is 4.36. The van der Waals surface area contributed by atoms with E-state index in [1.165, 1.54) is 12.1 Å². The number of hydrogen-bond acceptors (Lipinski definition) is 7. The molecule has 0 saturated heterocycles. The Balaban J connectivity index is 1.44. The Bertz CT molecular complexity index is 1220. The second-order valence-corrected chi connectivity index (χ2v) is 8.06. The number of esters is 1. The lowest BCUT2D eigenvalue weighted by atomic mass is 10.1. The zero-order valence-electron chi connectivity index (χ0n) is 15.6. The molecule has 0 aliphatic carbocycles. The Hall–Kier alpha value is -2.78. The number of halogens is 1. The van der Waals surface area contributed by atoms with Gasteiger partial charge in [-0.2, -0.15) is 0 Å². The summed E-state index contributed by atoms with van der Waals surface area (Å²) in [7, 11) is 0. The molecule has 0 atom stereocenters.